The number of hydrogen-bond donors (Lipinski definition) is 1. The van der Waals surface area contributed by atoms with E-state index in [9.17, 15) is 4.79 Å². The summed E-state index contributed by atoms with van der Waals surface area (Å²) in [5, 5.41) is 8.95. The van der Waals surface area contributed by atoms with Crippen LogP contribution < -0.4 is 4.74 Å². The first-order valence-corrected chi connectivity index (χ1v) is 7.69. The first-order chi connectivity index (χ1) is 10.0. The second-order valence-corrected chi connectivity index (χ2v) is 6.04. The number of aryl methyl sites for hydroxylation is 2. The summed E-state index contributed by atoms with van der Waals surface area (Å²) in [6, 6.07) is 6.19. The van der Waals surface area contributed by atoms with Crippen LogP contribution in [-0.4, -0.2) is 42.2 Å². The van der Waals surface area contributed by atoms with Gasteiger partial charge < -0.3 is 9.84 Å². The molecule has 0 atom stereocenters. The second-order valence-electron chi connectivity index (χ2n) is 6.04. The van der Waals surface area contributed by atoms with E-state index in [1.165, 1.54) is 18.4 Å². The van der Waals surface area contributed by atoms with Crippen LogP contribution in [-0.2, 0) is 4.79 Å². The van der Waals surface area contributed by atoms with Gasteiger partial charge >= 0.3 is 5.97 Å². The standard InChI is InChI=1S/C17H25NO3/c1-13-4-5-14(2)16(10-13)21-9-3-8-18(12-17(19)20)11-15-6-7-15/h4-5,10,15H,3,6-9,11-12H2,1-2H3,(H,19,20). The molecule has 1 aliphatic carbocycles. The molecule has 1 aromatic rings. The zero-order valence-corrected chi connectivity index (χ0v) is 13.0. The lowest BCUT2D eigenvalue weighted by molar-refractivity contribution is -0.138. The van der Waals surface area contributed by atoms with Gasteiger partial charge in [-0.1, -0.05) is 12.1 Å². The van der Waals surface area contributed by atoms with Gasteiger partial charge in [0.1, 0.15) is 5.75 Å². The number of nitrogens with zero attached hydrogens (tertiary/aromatic N) is 1. The first kappa shape index (κ1) is 15.8. The van der Waals surface area contributed by atoms with Crippen LogP contribution >= 0.6 is 0 Å². The van der Waals surface area contributed by atoms with E-state index in [1.807, 2.05) is 11.8 Å². The van der Waals surface area contributed by atoms with Crippen LogP contribution in [0.3, 0.4) is 0 Å². The summed E-state index contributed by atoms with van der Waals surface area (Å²) < 4.78 is 5.82. The number of aliphatic carboxylic acids is 1. The molecule has 0 unspecified atom stereocenters. The van der Waals surface area contributed by atoms with E-state index in [2.05, 4.69) is 25.1 Å². The maximum Gasteiger partial charge on any atom is 0.317 e. The predicted octanol–water partition coefficient (Wildman–Crippen LogP) is 2.87. The molecular formula is C17H25NO3. The third kappa shape index (κ3) is 5.76. The zero-order valence-electron chi connectivity index (χ0n) is 13.0. The molecule has 4 heteroatoms. The van der Waals surface area contributed by atoms with Crippen LogP contribution in [0.15, 0.2) is 18.2 Å². The Morgan fingerprint density at radius 1 is 1.38 bits per heavy atom. The molecule has 0 spiro atoms. The molecule has 21 heavy (non-hydrogen) atoms. The summed E-state index contributed by atoms with van der Waals surface area (Å²) in [5.74, 6) is 0.900. The molecule has 1 aromatic carbocycles. The average molecular weight is 291 g/mol. The van der Waals surface area contributed by atoms with Crippen molar-refractivity contribution in [2.24, 2.45) is 5.92 Å². The molecule has 4 nitrogen and oxygen atoms in total. The Hall–Kier alpha value is -1.55. The summed E-state index contributed by atoms with van der Waals surface area (Å²) in [6.07, 6.45) is 3.34. The van der Waals surface area contributed by atoms with Gasteiger partial charge in [0.15, 0.2) is 0 Å². The minimum atomic E-state index is -0.744. The molecule has 0 aliphatic heterocycles. The number of carbonyl (C=O) groups is 1. The summed E-state index contributed by atoms with van der Waals surface area (Å²) in [7, 11) is 0. The Morgan fingerprint density at radius 3 is 2.81 bits per heavy atom. The number of ether oxygens (including phenoxy) is 1. The van der Waals surface area contributed by atoms with Gasteiger partial charge in [-0.3, -0.25) is 9.69 Å². The van der Waals surface area contributed by atoms with Crippen LogP contribution in [0.4, 0.5) is 0 Å². The van der Waals surface area contributed by atoms with Crippen LogP contribution in [0, 0.1) is 19.8 Å². The van der Waals surface area contributed by atoms with Crippen LogP contribution in [0.25, 0.3) is 0 Å². The number of hydrogen-bond acceptors (Lipinski definition) is 3. The average Bonchev–Trinajstić information content (AvgIpc) is 3.21. The number of carboxylic acids is 1. The van der Waals surface area contributed by atoms with Gasteiger partial charge in [-0.2, -0.15) is 0 Å². The second kappa shape index (κ2) is 7.46. The van der Waals surface area contributed by atoms with Gasteiger partial charge in [0.05, 0.1) is 13.2 Å². The summed E-state index contributed by atoms with van der Waals surface area (Å²) in [4.78, 5) is 12.9. The molecule has 1 aliphatic rings. The molecule has 0 heterocycles. The van der Waals surface area contributed by atoms with E-state index in [1.54, 1.807) is 0 Å². The largest absolute Gasteiger partial charge is 0.493 e. The molecule has 1 N–H and O–H groups in total. The van der Waals surface area contributed by atoms with Crippen molar-refractivity contribution in [2.75, 3.05) is 26.2 Å². The summed E-state index contributed by atoms with van der Waals surface area (Å²) >= 11 is 0. The Labute approximate surface area is 126 Å². The number of benzene rings is 1. The van der Waals surface area contributed by atoms with Gasteiger partial charge in [-0.05, 0) is 56.2 Å². The lowest BCUT2D eigenvalue weighted by Gasteiger charge is -2.20. The van der Waals surface area contributed by atoms with E-state index in [4.69, 9.17) is 9.84 Å². The van der Waals surface area contributed by atoms with Crippen molar-refractivity contribution in [3.8, 4) is 5.75 Å². The highest BCUT2D eigenvalue weighted by Crippen LogP contribution is 2.29. The topological polar surface area (TPSA) is 49.8 Å². The van der Waals surface area contributed by atoms with Crippen molar-refractivity contribution in [3.63, 3.8) is 0 Å². The zero-order chi connectivity index (χ0) is 15.2. The maximum atomic E-state index is 10.9. The first-order valence-electron chi connectivity index (χ1n) is 7.69. The molecule has 1 fully saturated rings. The fourth-order valence-electron chi connectivity index (χ4n) is 2.42. The van der Waals surface area contributed by atoms with Crippen molar-refractivity contribution >= 4 is 5.97 Å². The fourth-order valence-corrected chi connectivity index (χ4v) is 2.42. The van der Waals surface area contributed by atoms with Crippen LogP contribution in [0.2, 0.25) is 0 Å². The predicted molar refractivity (Wildman–Crippen MR) is 82.8 cm³/mol. The molecule has 0 saturated heterocycles. The molecule has 0 amide bonds. The fraction of sp³-hybridized carbons (Fsp3) is 0.588. The Morgan fingerprint density at radius 2 is 2.14 bits per heavy atom. The Bertz CT molecular complexity index is 483. The van der Waals surface area contributed by atoms with E-state index >= 15 is 0 Å². The van der Waals surface area contributed by atoms with Crippen molar-refractivity contribution < 1.29 is 14.6 Å². The minimum absolute atomic E-state index is 0.139. The van der Waals surface area contributed by atoms with Crippen LogP contribution in [0.5, 0.6) is 5.75 Å². The van der Waals surface area contributed by atoms with Gasteiger partial charge in [-0.15, -0.1) is 0 Å². The third-order valence-electron chi connectivity index (χ3n) is 3.79. The van der Waals surface area contributed by atoms with Gasteiger partial charge in [0, 0.05) is 13.1 Å². The molecule has 0 radical (unpaired) electrons. The summed E-state index contributed by atoms with van der Waals surface area (Å²) in [5.41, 5.74) is 2.33. The molecule has 116 valence electrons. The van der Waals surface area contributed by atoms with Gasteiger partial charge in [0.25, 0.3) is 0 Å². The van der Waals surface area contributed by atoms with Gasteiger partial charge in [-0.25, -0.2) is 0 Å². The Balaban J connectivity index is 1.73. The van der Waals surface area contributed by atoms with Crippen molar-refractivity contribution in [1.82, 2.24) is 4.90 Å². The minimum Gasteiger partial charge on any atom is -0.493 e. The van der Waals surface area contributed by atoms with E-state index in [0.717, 1.165) is 30.8 Å². The highest BCUT2D eigenvalue weighted by Gasteiger charge is 2.24. The highest BCUT2D eigenvalue weighted by molar-refractivity contribution is 5.69. The quantitative estimate of drug-likeness (QED) is 0.711. The Kier molecular flexibility index (Phi) is 5.62. The van der Waals surface area contributed by atoms with E-state index in [-0.39, 0.29) is 6.54 Å². The SMILES string of the molecule is Cc1ccc(C)c(OCCCN(CC(=O)O)CC2CC2)c1. The van der Waals surface area contributed by atoms with E-state index in [0.29, 0.717) is 12.5 Å². The third-order valence-corrected chi connectivity index (χ3v) is 3.79. The highest BCUT2D eigenvalue weighted by atomic mass is 16.5. The monoisotopic (exact) mass is 291 g/mol. The maximum absolute atomic E-state index is 10.9. The summed E-state index contributed by atoms with van der Waals surface area (Å²) in [6.45, 7) is 6.56. The van der Waals surface area contributed by atoms with Crippen LogP contribution in [0.1, 0.15) is 30.4 Å². The van der Waals surface area contributed by atoms with E-state index < -0.39 is 5.97 Å². The van der Waals surface area contributed by atoms with Crippen molar-refractivity contribution in [3.05, 3.63) is 29.3 Å². The lowest BCUT2D eigenvalue weighted by Crippen LogP contribution is -2.33. The lowest BCUT2D eigenvalue weighted by atomic mass is 10.1. The normalized spacial score (nSPS) is 14.4. The van der Waals surface area contributed by atoms with Crippen molar-refractivity contribution in [2.45, 2.75) is 33.1 Å². The number of rotatable bonds is 9. The van der Waals surface area contributed by atoms with Gasteiger partial charge in [0.2, 0.25) is 0 Å². The smallest absolute Gasteiger partial charge is 0.317 e. The molecule has 2 rings (SSSR count). The molecular weight excluding hydrogens is 266 g/mol. The number of carboxylic acid groups (broad SMARTS) is 1. The molecule has 0 bridgehead atoms. The molecule has 1 saturated carbocycles. The van der Waals surface area contributed by atoms with Crippen molar-refractivity contribution in [1.29, 1.82) is 0 Å². The molecule has 0 aromatic heterocycles.